The van der Waals surface area contributed by atoms with Crippen molar-refractivity contribution in [3.05, 3.63) is 23.5 Å². The van der Waals surface area contributed by atoms with E-state index in [4.69, 9.17) is 5.26 Å². The molecule has 18 heavy (non-hydrogen) atoms. The van der Waals surface area contributed by atoms with E-state index in [9.17, 15) is 21.6 Å². The number of aromatic nitrogens is 1. The number of nitriles is 1. The monoisotopic (exact) mass is 278 g/mol. The topological polar surface area (TPSA) is 70.8 Å². The Balaban J connectivity index is 3.39. The lowest BCUT2D eigenvalue weighted by molar-refractivity contribution is -0.141. The normalized spacial score (nSPS) is 12.2. The number of sulfone groups is 1. The largest absolute Gasteiger partial charge is 0.433 e. The van der Waals surface area contributed by atoms with Gasteiger partial charge < -0.3 is 0 Å². The minimum absolute atomic E-state index is 0.241. The van der Waals surface area contributed by atoms with Gasteiger partial charge in [-0.1, -0.05) is 6.92 Å². The summed E-state index contributed by atoms with van der Waals surface area (Å²) in [5.41, 5.74) is -2.01. The summed E-state index contributed by atoms with van der Waals surface area (Å²) in [5.74, 6) is -0.241. The van der Waals surface area contributed by atoms with Crippen molar-refractivity contribution in [3.63, 3.8) is 0 Å². The molecule has 98 valence electrons. The van der Waals surface area contributed by atoms with Gasteiger partial charge in [0, 0.05) is 0 Å². The zero-order valence-corrected chi connectivity index (χ0v) is 10.1. The first kappa shape index (κ1) is 14.4. The minimum atomic E-state index is -4.71. The predicted octanol–water partition coefficient (Wildman–Crippen LogP) is 2.16. The van der Waals surface area contributed by atoms with E-state index in [-0.39, 0.29) is 5.75 Å². The molecule has 0 fully saturated rings. The Kier molecular flexibility index (Phi) is 3.96. The summed E-state index contributed by atoms with van der Waals surface area (Å²) < 4.78 is 60.5. The molecule has 0 saturated heterocycles. The molecule has 0 aliphatic rings. The molecule has 0 saturated carbocycles. The van der Waals surface area contributed by atoms with Gasteiger partial charge in [-0.2, -0.15) is 18.4 Å². The van der Waals surface area contributed by atoms with Crippen LogP contribution in [0.5, 0.6) is 0 Å². The van der Waals surface area contributed by atoms with Crippen molar-refractivity contribution in [3.8, 4) is 6.07 Å². The van der Waals surface area contributed by atoms with E-state index in [1.807, 2.05) is 0 Å². The lowest BCUT2D eigenvalue weighted by Crippen LogP contribution is -2.13. The third-order valence-electron chi connectivity index (χ3n) is 2.06. The molecule has 0 spiro atoms. The van der Waals surface area contributed by atoms with Gasteiger partial charge >= 0.3 is 6.18 Å². The summed E-state index contributed by atoms with van der Waals surface area (Å²) in [6.07, 6.45) is -4.41. The zero-order valence-electron chi connectivity index (χ0n) is 9.32. The Morgan fingerprint density at radius 2 is 2.00 bits per heavy atom. The lowest BCUT2D eigenvalue weighted by atomic mass is 10.3. The van der Waals surface area contributed by atoms with E-state index < -0.39 is 32.3 Å². The van der Waals surface area contributed by atoms with Crippen LogP contribution in [0.1, 0.15) is 24.7 Å². The molecule has 0 radical (unpaired) electrons. The highest BCUT2D eigenvalue weighted by molar-refractivity contribution is 7.91. The maximum Gasteiger partial charge on any atom is 0.433 e. The van der Waals surface area contributed by atoms with Crippen LogP contribution < -0.4 is 0 Å². The van der Waals surface area contributed by atoms with Crippen LogP contribution in [0.15, 0.2) is 17.0 Å². The summed E-state index contributed by atoms with van der Waals surface area (Å²) in [5, 5.41) is 8.70. The lowest BCUT2D eigenvalue weighted by Gasteiger charge is -2.08. The number of rotatable bonds is 3. The molecule has 0 amide bonds. The average Bonchev–Trinajstić information content (AvgIpc) is 2.27. The van der Waals surface area contributed by atoms with Crippen LogP contribution in [0.4, 0.5) is 13.2 Å². The fraction of sp³-hybridized carbons (Fsp3) is 0.400. The van der Waals surface area contributed by atoms with Gasteiger partial charge in [0.1, 0.15) is 16.7 Å². The van der Waals surface area contributed by atoms with Gasteiger partial charge in [0.05, 0.1) is 5.75 Å². The van der Waals surface area contributed by atoms with Crippen molar-refractivity contribution >= 4 is 9.84 Å². The molecule has 4 nitrogen and oxygen atoms in total. The molecule has 0 aliphatic heterocycles. The second-order valence-corrected chi connectivity index (χ2v) is 5.55. The van der Waals surface area contributed by atoms with Crippen LogP contribution >= 0.6 is 0 Å². The molecule has 1 rings (SSSR count). The Morgan fingerprint density at radius 3 is 2.44 bits per heavy atom. The average molecular weight is 278 g/mol. The van der Waals surface area contributed by atoms with Crippen LogP contribution in [0, 0.1) is 11.3 Å². The standard InChI is InChI=1S/C10H9F3N2O2S/c1-2-5-18(16,17)8-3-4-9(10(11,12)13)15-7(8)6-14/h3-4H,2,5H2,1H3. The van der Waals surface area contributed by atoms with Crippen molar-refractivity contribution in [2.24, 2.45) is 0 Å². The zero-order chi connectivity index (χ0) is 14.0. The molecule has 1 aromatic rings. The molecule has 1 aromatic heterocycles. The highest BCUT2D eigenvalue weighted by atomic mass is 32.2. The van der Waals surface area contributed by atoms with Crippen LogP contribution in [-0.4, -0.2) is 19.2 Å². The van der Waals surface area contributed by atoms with E-state index in [0.717, 1.165) is 6.07 Å². The van der Waals surface area contributed by atoms with Gasteiger partial charge in [-0.3, -0.25) is 0 Å². The molecular weight excluding hydrogens is 269 g/mol. The van der Waals surface area contributed by atoms with Crippen molar-refractivity contribution in [1.29, 1.82) is 5.26 Å². The van der Waals surface area contributed by atoms with Gasteiger partial charge in [-0.15, -0.1) is 0 Å². The van der Waals surface area contributed by atoms with Gasteiger partial charge in [0.2, 0.25) is 0 Å². The van der Waals surface area contributed by atoms with Crippen LogP contribution in [0.25, 0.3) is 0 Å². The van der Waals surface area contributed by atoms with E-state index in [1.54, 1.807) is 6.92 Å². The van der Waals surface area contributed by atoms with E-state index in [1.165, 1.54) is 6.07 Å². The molecule has 0 aromatic carbocycles. The van der Waals surface area contributed by atoms with Gasteiger partial charge in [0.15, 0.2) is 15.5 Å². The maximum absolute atomic E-state index is 12.4. The van der Waals surface area contributed by atoms with Crippen LogP contribution in [0.2, 0.25) is 0 Å². The molecule has 0 aliphatic carbocycles. The van der Waals surface area contributed by atoms with Gasteiger partial charge in [-0.25, -0.2) is 13.4 Å². The van der Waals surface area contributed by atoms with Crippen LogP contribution in [0.3, 0.4) is 0 Å². The van der Waals surface area contributed by atoms with Gasteiger partial charge in [-0.05, 0) is 18.6 Å². The van der Waals surface area contributed by atoms with Crippen LogP contribution in [-0.2, 0) is 16.0 Å². The number of nitrogens with zero attached hydrogens (tertiary/aromatic N) is 2. The maximum atomic E-state index is 12.4. The number of hydrogen-bond acceptors (Lipinski definition) is 4. The SMILES string of the molecule is CCCS(=O)(=O)c1ccc(C(F)(F)F)nc1C#N. The Morgan fingerprint density at radius 1 is 1.39 bits per heavy atom. The minimum Gasteiger partial charge on any atom is -0.231 e. The highest BCUT2D eigenvalue weighted by Gasteiger charge is 2.34. The van der Waals surface area contributed by atoms with E-state index >= 15 is 0 Å². The van der Waals surface area contributed by atoms with Gasteiger partial charge in [0.25, 0.3) is 0 Å². The number of alkyl halides is 3. The molecule has 0 atom stereocenters. The fourth-order valence-electron chi connectivity index (χ4n) is 1.31. The van der Waals surface area contributed by atoms with E-state index in [0.29, 0.717) is 12.5 Å². The van der Waals surface area contributed by atoms with Crippen molar-refractivity contribution in [2.45, 2.75) is 24.4 Å². The molecule has 0 unspecified atom stereocenters. The summed E-state index contributed by atoms with van der Waals surface area (Å²) in [6.45, 7) is 1.61. The fourth-order valence-corrected chi connectivity index (χ4v) is 2.73. The second kappa shape index (κ2) is 4.94. The van der Waals surface area contributed by atoms with Crippen molar-refractivity contribution < 1.29 is 21.6 Å². The quantitative estimate of drug-likeness (QED) is 0.849. The summed E-state index contributed by atoms with van der Waals surface area (Å²) >= 11 is 0. The third kappa shape index (κ3) is 2.98. The predicted molar refractivity (Wildman–Crippen MR) is 56.3 cm³/mol. The molecule has 0 bridgehead atoms. The molecule has 1 heterocycles. The number of pyridine rings is 1. The first-order valence-corrected chi connectivity index (χ1v) is 6.58. The third-order valence-corrected chi connectivity index (χ3v) is 4.01. The summed E-state index contributed by atoms with van der Waals surface area (Å²) in [6, 6.07) is 2.72. The summed E-state index contributed by atoms with van der Waals surface area (Å²) in [4.78, 5) is 2.59. The first-order chi connectivity index (χ1) is 8.22. The number of hydrogen-bond donors (Lipinski definition) is 0. The molecule has 8 heteroatoms. The van der Waals surface area contributed by atoms with E-state index in [2.05, 4.69) is 4.98 Å². The Labute approximate surface area is 102 Å². The molecule has 0 N–H and O–H groups in total. The van der Waals surface area contributed by atoms with Crippen molar-refractivity contribution in [1.82, 2.24) is 4.98 Å². The number of halogens is 3. The first-order valence-electron chi connectivity index (χ1n) is 4.93. The Bertz CT molecular complexity index is 588. The Hall–Kier alpha value is -1.62. The summed E-state index contributed by atoms with van der Waals surface area (Å²) in [7, 11) is -3.77. The smallest absolute Gasteiger partial charge is 0.231 e. The molecular formula is C10H9F3N2O2S. The highest BCUT2D eigenvalue weighted by Crippen LogP contribution is 2.29. The second-order valence-electron chi connectivity index (χ2n) is 3.47. The van der Waals surface area contributed by atoms with Crippen molar-refractivity contribution in [2.75, 3.05) is 5.75 Å².